The van der Waals surface area contributed by atoms with E-state index in [1.54, 1.807) is 0 Å². The Hall–Kier alpha value is -2.34. The normalized spacial score (nSPS) is 16.5. The number of hydrogen-bond acceptors (Lipinski definition) is 5. The Balaban J connectivity index is 2.02. The molecule has 0 bridgehead atoms. The van der Waals surface area contributed by atoms with Crippen molar-refractivity contribution in [3.63, 3.8) is 0 Å². The standard InChI is InChI=1S/C16H16N2O4/c19-15(17-21)12-8-10-7-9-3-1-5-18-6-2-4-11(13(9)18)14(10)22-16(12)20/h7-8,21H,1-6H2,(H,17,19). The number of amides is 1. The molecule has 2 aromatic rings. The Morgan fingerprint density at radius 2 is 2.00 bits per heavy atom. The van der Waals surface area contributed by atoms with E-state index >= 15 is 0 Å². The van der Waals surface area contributed by atoms with Gasteiger partial charge in [0.1, 0.15) is 11.1 Å². The Labute approximate surface area is 126 Å². The Bertz CT molecular complexity index is 838. The average Bonchev–Trinajstić information content (AvgIpc) is 2.55. The van der Waals surface area contributed by atoms with Crippen LogP contribution in [0.1, 0.15) is 34.3 Å². The van der Waals surface area contributed by atoms with E-state index in [0.29, 0.717) is 5.58 Å². The van der Waals surface area contributed by atoms with E-state index in [1.807, 2.05) is 6.07 Å². The number of carbonyl (C=O) groups excluding carboxylic acids is 1. The molecule has 6 heteroatoms. The van der Waals surface area contributed by atoms with Crippen LogP contribution in [0, 0.1) is 0 Å². The lowest BCUT2D eigenvalue weighted by atomic mass is 9.90. The molecule has 3 heterocycles. The second kappa shape index (κ2) is 4.84. The van der Waals surface area contributed by atoms with E-state index in [4.69, 9.17) is 9.62 Å². The fraction of sp³-hybridized carbons (Fsp3) is 0.375. The van der Waals surface area contributed by atoms with Gasteiger partial charge in [-0.3, -0.25) is 10.0 Å². The molecular formula is C16H16N2O4. The number of fused-ring (bicyclic) bond motifs is 2. The highest BCUT2D eigenvalue weighted by molar-refractivity contribution is 5.97. The monoisotopic (exact) mass is 300 g/mol. The molecule has 2 aliphatic heterocycles. The fourth-order valence-electron chi connectivity index (χ4n) is 3.66. The first-order chi connectivity index (χ1) is 10.7. The maximum atomic E-state index is 12.0. The summed E-state index contributed by atoms with van der Waals surface area (Å²) in [6.45, 7) is 2.08. The first-order valence-electron chi connectivity index (χ1n) is 7.51. The zero-order valence-electron chi connectivity index (χ0n) is 12.0. The second-order valence-corrected chi connectivity index (χ2v) is 5.86. The number of nitrogens with zero attached hydrogens (tertiary/aromatic N) is 1. The molecule has 0 aliphatic carbocycles. The van der Waals surface area contributed by atoms with Crippen LogP contribution in [-0.2, 0) is 12.8 Å². The van der Waals surface area contributed by atoms with Crippen molar-refractivity contribution >= 4 is 22.6 Å². The van der Waals surface area contributed by atoms with Gasteiger partial charge in [0.25, 0.3) is 5.91 Å². The third-order valence-corrected chi connectivity index (χ3v) is 4.56. The first-order valence-corrected chi connectivity index (χ1v) is 7.51. The highest BCUT2D eigenvalue weighted by Crippen LogP contribution is 2.39. The molecule has 0 radical (unpaired) electrons. The van der Waals surface area contributed by atoms with Gasteiger partial charge in [-0.15, -0.1) is 0 Å². The molecule has 1 aromatic carbocycles. The second-order valence-electron chi connectivity index (χ2n) is 5.86. The molecule has 2 aliphatic rings. The molecule has 1 amide bonds. The quantitative estimate of drug-likeness (QED) is 0.475. The van der Waals surface area contributed by atoms with Crippen LogP contribution in [0.3, 0.4) is 0 Å². The van der Waals surface area contributed by atoms with Gasteiger partial charge in [-0.2, -0.15) is 0 Å². The van der Waals surface area contributed by atoms with Crippen molar-refractivity contribution in [3.8, 4) is 0 Å². The van der Waals surface area contributed by atoms with E-state index < -0.39 is 11.5 Å². The summed E-state index contributed by atoms with van der Waals surface area (Å²) in [7, 11) is 0. The zero-order valence-corrected chi connectivity index (χ0v) is 12.0. The molecule has 114 valence electrons. The Morgan fingerprint density at radius 1 is 1.23 bits per heavy atom. The lowest BCUT2D eigenvalue weighted by Crippen LogP contribution is -2.34. The van der Waals surface area contributed by atoms with Gasteiger partial charge in [0, 0.05) is 29.7 Å². The number of rotatable bonds is 1. The Morgan fingerprint density at radius 3 is 2.77 bits per heavy atom. The Kier molecular flexibility index (Phi) is 2.94. The molecule has 1 aromatic heterocycles. The molecule has 0 unspecified atom stereocenters. The van der Waals surface area contributed by atoms with Crippen LogP contribution < -0.4 is 16.0 Å². The number of hydrogen-bond donors (Lipinski definition) is 2. The predicted octanol–water partition coefficient (Wildman–Crippen LogP) is 1.61. The van der Waals surface area contributed by atoms with Crippen molar-refractivity contribution in [1.82, 2.24) is 5.48 Å². The minimum Gasteiger partial charge on any atom is -0.422 e. The van der Waals surface area contributed by atoms with Crippen LogP contribution in [0.25, 0.3) is 11.0 Å². The maximum absolute atomic E-state index is 12.0. The number of anilines is 1. The molecule has 2 N–H and O–H groups in total. The molecule has 0 saturated heterocycles. The van der Waals surface area contributed by atoms with Crippen molar-refractivity contribution in [2.75, 3.05) is 18.0 Å². The SMILES string of the molecule is O=C(NO)c1cc2cc3c4c(c2oc1=O)CCCN4CCC3. The average molecular weight is 300 g/mol. The van der Waals surface area contributed by atoms with Crippen molar-refractivity contribution in [2.24, 2.45) is 0 Å². The molecule has 6 nitrogen and oxygen atoms in total. The smallest absolute Gasteiger partial charge is 0.349 e. The summed E-state index contributed by atoms with van der Waals surface area (Å²) >= 11 is 0. The summed E-state index contributed by atoms with van der Waals surface area (Å²) in [6, 6.07) is 3.51. The molecule has 4 rings (SSSR count). The van der Waals surface area contributed by atoms with Gasteiger partial charge in [-0.25, -0.2) is 10.3 Å². The van der Waals surface area contributed by atoms with Gasteiger partial charge >= 0.3 is 5.63 Å². The zero-order chi connectivity index (χ0) is 15.3. The number of nitrogens with one attached hydrogen (secondary N) is 1. The summed E-state index contributed by atoms with van der Waals surface area (Å²) in [5, 5.41) is 9.48. The van der Waals surface area contributed by atoms with Crippen LogP contribution in [0.5, 0.6) is 0 Å². The summed E-state index contributed by atoms with van der Waals surface area (Å²) < 4.78 is 5.43. The van der Waals surface area contributed by atoms with Gasteiger partial charge in [-0.1, -0.05) is 0 Å². The highest BCUT2D eigenvalue weighted by Gasteiger charge is 2.27. The van der Waals surface area contributed by atoms with Crippen LogP contribution in [0.15, 0.2) is 21.3 Å². The van der Waals surface area contributed by atoms with Gasteiger partial charge in [-0.05, 0) is 43.4 Å². The largest absolute Gasteiger partial charge is 0.422 e. The predicted molar refractivity (Wildman–Crippen MR) is 80.6 cm³/mol. The molecule has 0 saturated carbocycles. The van der Waals surface area contributed by atoms with Gasteiger partial charge in [0.05, 0.1) is 0 Å². The van der Waals surface area contributed by atoms with E-state index in [9.17, 15) is 9.59 Å². The lowest BCUT2D eigenvalue weighted by Gasteiger charge is -2.37. The van der Waals surface area contributed by atoms with E-state index in [2.05, 4.69) is 4.90 Å². The third-order valence-electron chi connectivity index (χ3n) is 4.56. The van der Waals surface area contributed by atoms with Gasteiger partial charge < -0.3 is 9.32 Å². The summed E-state index contributed by atoms with van der Waals surface area (Å²) in [4.78, 5) is 25.9. The molecule has 0 spiro atoms. The topological polar surface area (TPSA) is 82.8 Å². The van der Waals surface area contributed by atoms with Crippen molar-refractivity contribution in [3.05, 3.63) is 39.2 Å². The highest BCUT2D eigenvalue weighted by atomic mass is 16.5. The minimum absolute atomic E-state index is 0.175. The van der Waals surface area contributed by atoms with Gasteiger partial charge in [0.2, 0.25) is 0 Å². The summed E-state index contributed by atoms with van der Waals surface area (Å²) in [6.07, 6.45) is 4.02. The van der Waals surface area contributed by atoms with Crippen molar-refractivity contribution < 1.29 is 14.4 Å². The molecular weight excluding hydrogens is 284 g/mol. The number of hydroxylamine groups is 1. The summed E-state index contributed by atoms with van der Waals surface area (Å²) in [5.41, 5.74) is 4.71. The third kappa shape index (κ3) is 1.84. The van der Waals surface area contributed by atoms with E-state index in [1.165, 1.54) is 22.8 Å². The summed E-state index contributed by atoms with van der Waals surface area (Å²) in [5.74, 6) is -0.844. The number of carbonyl (C=O) groups is 1. The fourth-order valence-corrected chi connectivity index (χ4v) is 3.66. The van der Waals surface area contributed by atoms with Crippen molar-refractivity contribution in [1.29, 1.82) is 0 Å². The van der Waals surface area contributed by atoms with E-state index in [0.717, 1.165) is 49.7 Å². The van der Waals surface area contributed by atoms with Crippen LogP contribution in [0.2, 0.25) is 0 Å². The maximum Gasteiger partial charge on any atom is 0.349 e. The van der Waals surface area contributed by atoms with Crippen LogP contribution >= 0.6 is 0 Å². The number of aryl methyl sites for hydroxylation is 2. The van der Waals surface area contributed by atoms with E-state index in [-0.39, 0.29) is 5.56 Å². The molecule has 0 fully saturated rings. The van der Waals surface area contributed by atoms with Gasteiger partial charge in [0.15, 0.2) is 0 Å². The van der Waals surface area contributed by atoms with Crippen LogP contribution in [-0.4, -0.2) is 24.2 Å². The number of benzene rings is 1. The molecule has 0 atom stereocenters. The first kappa shape index (κ1) is 13.3. The molecule has 22 heavy (non-hydrogen) atoms. The lowest BCUT2D eigenvalue weighted by molar-refractivity contribution is 0.0702. The van der Waals surface area contributed by atoms with Crippen molar-refractivity contribution in [2.45, 2.75) is 25.7 Å². The van der Waals surface area contributed by atoms with Crippen LogP contribution in [0.4, 0.5) is 5.69 Å². The minimum atomic E-state index is -0.844.